The summed E-state index contributed by atoms with van der Waals surface area (Å²) < 4.78 is 195. The highest BCUT2D eigenvalue weighted by molar-refractivity contribution is 7.94. The van der Waals surface area contributed by atoms with Crippen LogP contribution in [0.15, 0.2) is 87.5 Å². The quantitative estimate of drug-likeness (QED) is 0.253. The zero-order chi connectivity index (χ0) is 31.2. The van der Waals surface area contributed by atoms with Crippen molar-refractivity contribution in [1.82, 2.24) is 0 Å². The molecule has 0 unspecified atom stereocenters. The van der Waals surface area contributed by atoms with Crippen LogP contribution in [-0.4, -0.2) is 41.8 Å². The van der Waals surface area contributed by atoms with Gasteiger partial charge in [-0.05, 0) is 36.4 Å². The second-order valence-electron chi connectivity index (χ2n) is 7.76. The summed E-state index contributed by atoms with van der Waals surface area (Å²) in [5.41, 5.74) is -19.8. The molecule has 0 saturated carbocycles. The molecular formula is C21H13F9N2O6S3. The van der Waals surface area contributed by atoms with Crippen molar-refractivity contribution in [2.75, 3.05) is 10.4 Å². The van der Waals surface area contributed by atoms with E-state index in [0.717, 1.165) is 0 Å². The Bertz CT molecular complexity index is 1650. The van der Waals surface area contributed by atoms with E-state index in [1.807, 2.05) is 5.43 Å². The van der Waals surface area contributed by atoms with Crippen LogP contribution in [0.2, 0.25) is 0 Å². The minimum Gasteiger partial charge on any atom is -0.291 e. The van der Waals surface area contributed by atoms with Crippen LogP contribution in [0.5, 0.6) is 0 Å². The lowest BCUT2D eigenvalue weighted by Gasteiger charge is -2.29. The van der Waals surface area contributed by atoms with Gasteiger partial charge in [0.05, 0.1) is 22.0 Å². The van der Waals surface area contributed by atoms with Gasteiger partial charge in [-0.1, -0.05) is 36.4 Å². The average molecular weight is 657 g/mol. The fourth-order valence-corrected chi connectivity index (χ4v) is 6.12. The maximum atomic E-state index is 13.6. The third-order valence-corrected chi connectivity index (χ3v) is 9.58. The Hall–Kier alpha value is -3.52. The first kappa shape index (κ1) is 32.0. The van der Waals surface area contributed by atoms with Crippen molar-refractivity contribution in [2.45, 2.75) is 31.2 Å². The lowest BCUT2D eigenvalue weighted by atomic mass is 10.2. The van der Waals surface area contributed by atoms with Crippen molar-refractivity contribution in [3.05, 3.63) is 72.8 Å². The number of hydrogen-bond acceptors (Lipinski definition) is 8. The standard InChI is InChI=1S/C21H13F9N2O6S3/c22-19(23,24)39(33,34)15-11-16(40(35,36)20(25,26)27)18(17(12-15)41(37,38)21(28,29)30)31-32(13-7-3-1-4-8-13)14-9-5-2-6-10-14/h1-12,31H. The molecule has 1 N–H and O–H groups in total. The molecule has 0 fully saturated rings. The average Bonchev–Trinajstić information content (AvgIpc) is 2.85. The van der Waals surface area contributed by atoms with E-state index in [2.05, 4.69) is 0 Å². The number of para-hydroxylation sites is 2. The van der Waals surface area contributed by atoms with E-state index < -0.39 is 78.5 Å². The summed E-state index contributed by atoms with van der Waals surface area (Å²) in [6.07, 6.45) is 0. The number of benzene rings is 3. The summed E-state index contributed by atoms with van der Waals surface area (Å²) in [6, 6.07) is 11.4. The molecule has 0 aliphatic carbocycles. The summed E-state index contributed by atoms with van der Waals surface area (Å²) >= 11 is 0. The van der Waals surface area contributed by atoms with Crippen LogP contribution in [0.1, 0.15) is 0 Å². The van der Waals surface area contributed by atoms with E-state index in [-0.39, 0.29) is 11.4 Å². The van der Waals surface area contributed by atoms with Crippen LogP contribution in [0, 0.1) is 0 Å². The number of hydrazine groups is 1. The molecule has 0 radical (unpaired) electrons. The fraction of sp³-hybridized carbons (Fsp3) is 0.143. The van der Waals surface area contributed by atoms with Gasteiger partial charge in [0.2, 0.25) is 0 Å². The predicted molar refractivity (Wildman–Crippen MR) is 125 cm³/mol. The van der Waals surface area contributed by atoms with Crippen molar-refractivity contribution in [2.24, 2.45) is 0 Å². The minimum absolute atomic E-state index is 0.142. The number of hydrogen-bond donors (Lipinski definition) is 1. The van der Waals surface area contributed by atoms with Gasteiger partial charge in [-0.3, -0.25) is 10.4 Å². The molecule has 0 amide bonds. The predicted octanol–water partition coefficient (Wildman–Crippen LogP) is 5.73. The first-order chi connectivity index (χ1) is 18.5. The molecule has 8 nitrogen and oxygen atoms in total. The Kier molecular flexibility index (Phi) is 8.11. The SMILES string of the molecule is O=S(=O)(c1cc(S(=O)(=O)C(F)(F)F)c(NN(c2ccccc2)c2ccccc2)c(S(=O)(=O)C(F)(F)F)c1)C(F)(F)F. The van der Waals surface area contributed by atoms with Crippen LogP contribution >= 0.6 is 0 Å². The molecule has 0 aliphatic rings. The summed E-state index contributed by atoms with van der Waals surface area (Å²) in [6.45, 7) is 0. The number of anilines is 3. The largest absolute Gasteiger partial charge is 0.501 e. The number of alkyl halides is 9. The van der Waals surface area contributed by atoms with Gasteiger partial charge in [0.1, 0.15) is 9.79 Å². The van der Waals surface area contributed by atoms with Crippen molar-refractivity contribution >= 4 is 46.6 Å². The maximum absolute atomic E-state index is 13.6. The molecule has 3 rings (SSSR count). The number of rotatable bonds is 7. The van der Waals surface area contributed by atoms with Gasteiger partial charge in [-0.2, -0.15) is 39.5 Å². The third-order valence-electron chi connectivity index (χ3n) is 5.10. The topological polar surface area (TPSA) is 118 Å². The molecule has 3 aromatic carbocycles. The second kappa shape index (κ2) is 10.4. The molecule has 20 heteroatoms. The van der Waals surface area contributed by atoms with Gasteiger partial charge >= 0.3 is 16.5 Å². The summed E-state index contributed by atoms with van der Waals surface area (Å²) in [5.74, 6) is 0. The summed E-state index contributed by atoms with van der Waals surface area (Å²) in [7, 11) is -20.9. The molecule has 0 aromatic heterocycles. The van der Waals surface area contributed by atoms with Crippen LogP contribution in [0.3, 0.4) is 0 Å². The van der Waals surface area contributed by atoms with Gasteiger partial charge in [-0.15, -0.1) is 0 Å². The Morgan fingerprint density at radius 1 is 0.512 bits per heavy atom. The lowest BCUT2D eigenvalue weighted by molar-refractivity contribution is -0.0438. The van der Waals surface area contributed by atoms with E-state index in [1.54, 1.807) is 0 Å². The Labute approximate surface area is 225 Å². The highest BCUT2D eigenvalue weighted by Gasteiger charge is 2.55. The molecule has 41 heavy (non-hydrogen) atoms. The molecule has 0 aliphatic heterocycles. The van der Waals surface area contributed by atoms with E-state index in [0.29, 0.717) is 5.01 Å². The van der Waals surface area contributed by atoms with E-state index in [9.17, 15) is 64.8 Å². The molecule has 224 valence electrons. The van der Waals surface area contributed by atoms with Gasteiger partial charge in [0, 0.05) is 0 Å². The molecule has 0 spiro atoms. The van der Waals surface area contributed by atoms with Crippen molar-refractivity contribution in [3.63, 3.8) is 0 Å². The first-order valence-corrected chi connectivity index (χ1v) is 14.8. The molecule has 0 atom stereocenters. The summed E-state index contributed by atoms with van der Waals surface area (Å²) in [4.78, 5) is -7.60. The van der Waals surface area contributed by atoms with Crippen molar-refractivity contribution < 1.29 is 64.8 Å². The minimum atomic E-state index is -7.03. The van der Waals surface area contributed by atoms with Crippen LogP contribution in [0.25, 0.3) is 0 Å². The number of nitrogens with zero attached hydrogens (tertiary/aromatic N) is 1. The van der Waals surface area contributed by atoms with Crippen LogP contribution in [-0.2, 0) is 29.5 Å². The monoisotopic (exact) mass is 656 g/mol. The molecule has 3 aromatic rings. The van der Waals surface area contributed by atoms with Gasteiger partial charge < -0.3 is 0 Å². The molecule has 0 saturated heterocycles. The highest BCUT2D eigenvalue weighted by Crippen LogP contribution is 2.45. The van der Waals surface area contributed by atoms with E-state index in [4.69, 9.17) is 0 Å². The molecule has 0 heterocycles. The molecule has 0 bridgehead atoms. The van der Waals surface area contributed by atoms with Gasteiger partial charge in [0.25, 0.3) is 29.5 Å². The van der Waals surface area contributed by atoms with Gasteiger partial charge in [0.15, 0.2) is 0 Å². The van der Waals surface area contributed by atoms with Crippen molar-refractivity contribution in [3.8, 4) is 0 Å². The Morgan fingerprint density at radius 2 is 0.829 bits per heavy atom. The highest BCUT2D eigenvalue weighted by atomic mass is 32.2. The zero-order valence-corrected chi connectivity index (χ0v) is 21.9. The normalized spacial score (nSPS) is 13.6. The lowest BCUT2D eigenvalue weighted by Crippen LogP contribution is -2.33. The second-order valence-corrected chi connectivity index (χ2v) is 13.5. The van der Waals surface area contributed by atoms with Crippen LogP contribution in [0.4, 0.5) is 56.6 Å². The number of sulfone groups is 3. The zero-order valence-electron chi connectivity index (χ0n) is 19.5. The Balaban J connectivity index is 2.58. The maximum Gasteiger partial charge on any atom is 0.501 e. The number of nitrogens with one attached hydrogen (secondary N) is 1. The van der Waals surface area contributed by atoms with Gasteiger partial charge in [-0.25, -0.2) is 25.3 Å². The Morgan fingerprint density at radius 3 is 1.12 bits per heavy atom. The van der Waals surface area contributed by atoms with E-state index >= 15 is 0 Å². The smallest absolute Gasteiger partial charge is 0.291 e. The van der Waals surface area contributed by atoms with Crippen molar-refractivity contribution in [1.29, 1.82) is 0 Å². The summed E-state index contributed by atoms with van der Waals surface area (Å²) in [5, 5.41) is 0.623. The first-order valence-electron chi connectivity index (χ1n) is 10.3. The third kappa shape index (κ3) is 5.94. The molecular weight excluding hydrogens is 643 g/mol. The van der Waals surface area contributed by atoms with E-state index in [1.165, 1.54) is 60.7 Å². The van der Waals surface area contributed by atoms with Crippen LogP contribution < -0.4 is 10.4 Å². The number of halogens is 9. The fourth-order valence-electron chi connectivity index (χ4n) is 3.18.